The molecule has 1 heterocycles. The van der Waals surface area contributed by atoms with Gasteiger partial charge in [-0.15, -0.1) is 0 Å². The molecule has 0 fully saturated rings. The SMILES string of the molecule is COCCNCCn1ncn(C)c1=O. The van der Waals surface area contributed by atoms with Gasteiger partial charge in [0.25, 0.3) is 0 Å². The first-order valence-electron chi connectivity index (χ1n) is 4.54. The van der Waals surface area contributed by atoms with Crippen LogP contribution in [0.25, 0.3) is 0 Å². The fourth-order valence-electron chi connectivity index (χ4n) is 1.06. The third kappa shape index (κ3) is 2.97. The first-order valence-corrected chi connectivity index (χ1v) is 4.54. The Morgan fingerprint density at radius 3 is 2.93 bits per heavy atom. The van der Waals surface area contributed by atoms with Gasteiger partial charge in [0, 0.05) is 27.2 Å². The minimum absolute atomic E-state index is 0.0847. The molecule has 0 amide bonds. The second kappa shape index (κ2) is 5.56. The number of nitrogens with one attached hydrogen (secondary N) is 1. The lowest BCUT2D eigenvalue weighted by Gasteiger charge is -2.02. The Bertz CT molecular complexity index is 317. The molecule has 0 saturated carbocycles. The maximum absolute atomic E-state index is 11.3. The fourth-order valence-corrected chi connectivity index (χ4v) is 1.06. The van der Waals surface area contributed by atoms with Crippen molar-refractivity contribution in [1.29, 1.82) is 0 Å². The quantitative estimate of drug-likeness (QED) is 0.587. The van der Waals surface area contributed by atoms with Crippen LogP contribution in [0.15, 0.2) is 11.1 Å². The summed E-state index contributed by atoms with van der Waals surface area (Å²) in [4.78, 5) is 11.3. The van der Waals surface area contributed by atoms with Crippen molar-refractivity contribution in [1.82, 2.24) is 19.7 Å². The molecule has 0 aliphatic rings. The third-order valence-electron chi connectivity index (χ3n) is 1.87. The molecule has 0 spiro atoms. The van der Waals surface area contributed by atoms with E-state index in [0.29, 0.717) is 13.2 Å². The van der Waals surface area contributed by atoms with E-state index in [1.165, 1.54) is 15.6 Å². The van der Waals surface area contributed by atoms with E-state index in [4.69, 9.17) is 4.74 Å². The summed E-state index contributed by atoms with van der Waals surface area (Å²) in [6.07, 6.45) is 1.51. The van der Waals surface area contributed by atoms with Crippen LogP contribution in [0, 0.1) is 0 Å². The fraction of sp³-hybridized carbons (Fsp3) is 0.750. The number of methoxy groups -OCH3 is 1. The number of nitrogens with zero attached hydrogens (tertiary/aromatic N) is 3. The van der Waals surface area contributed by atoms with Gasteiger partial charge in [0.1, 0.15) is 6.33 Å². The predicted molar refractivity (Wildman–Crippen MR) is 52.2 cm³/mol. The molecule has 80 valence electrons. The topological polar surface area (TPSA) is 61.1 Å². The second-order valence-corrected chi connectivity index (χ2v) is 2.99. The molecule has 0 bridgehead atoms. The van der Waals surface area contributed by atoms with Gasteiger partial charge < -0.3 is 10.1 Å². The van der Waals surface area contributed by atoms with Crippen molar-refractivity contribution in [3.63, 3.8) is 0 Å². The summed E-state index contributed by atoms with van der Waals surface area (Å²) < 4.78 is 7.76. The lowest BCUT2D eigenvalue weighted by molar-refractivity contribution is 0.199. The van der Waals surface area contributed by atoms with Crippen molar-refractivity contribution in [2.75, 3.05) is 26.8 Å². The van der Waals surface area contributed by atoms with Gasteiger partial charge in [0.2, 0.25) is 0 Å². The molecular weight excluding hydrogens is 184 g/mol. The van der Waals surface area contributed by atoms with E-state index in [1.54, 1.807) is 14.2 Å². The van der Waals surface area contributed by atoms with Gasteiger partial charge in [-0.05, 0) is 0 Å². The average Bonchev–Trinajstić information content (AvgIpc) is 2.49. The highest BCUT2D eigenvalue weighted by Crippen LogP contribution is 1.75. The number of ether oxygens (including phenoxy) is 1. The van der Waals surface area contributed by atoms with Gasteiger partial charge in [0.05, 0.1) is 13.2 Å². The van der Waals surface area contributed by atoms with Gasteiger partial charge in [-0.1, -0.05) is 0 Å². The Hall–Kier alpha value is -1.14. The lowest BCUT2D eigenvalue weighted by Crippen LogP contribution is -2.29. The largest absolute Gasteiger partial charge is 0.383 e. The summed E-state index contributed by atoms with van der Waals surface area (Å²) in [5.41, 5.74) is -0.0847. The third-order valence-corrected chi connectivity index (χ3v) is 1.87. The molecule has 6 heteroatoms. The van der Waals surface area contributed by atoms with Crippen LogP contribution in [-0.2, 0) is 18.3 Å². The van der Waals surface area contributed by atoms with E-state index in [2.05, 4.69) is 10.4 Å². The van der Waals surface area contributed by atoms with Crippen LogP contribution in [0.2, 0.25) is 0 Å². The lowest BCUT2D eigenvalue weighted by atomic mass is 10.6. The standard InChI is InChI=1S/C8H16N4O2/c1-11-7-10-12(8(11)13)5-3-9-4-6-14-2/h7,9H,3-6H2,1-2H3. The highest BCUT2D eigenvalue weighted by atomic mass is 16.5. The molecule has 1 rings (SSSR count). The Morgan fingerprint density at radius 1 is 1.57 bits per heavy atom. The van der Waals surface area contributed by atoms with Gasteiger partial charge in [0.15, 0.2) is 0 Å². The van der Waals surface area contributed by atoms with Crippen molar-refractivity contribution < 1.29 is 4.74 Å². The molecular formula is C8H16N4O2. The summed E-state index contributed by atoms with van der Waals surface area (Å²) in [5, 5.41) is 7.07. The molecule has 0 aliphatic heterocycles. The minimum Gasteiger partial charge on any atom is -0.383 e. The number of aryl methyl sites for hydroxylation is 1. The zero-order valence-electron chi connectivity index (χ0n) is 8.56. The Kier molecular flexibility index (Phi) is 4.34. The highest BCUT2D eigenvalue weighted by molar-refractivity contribution is 4.65. The molecule has 0 aromatic carbocycles. The molecule has 0 saturated heterocycles. The molecule has 1 aromatic heterocycles. The van der Waals surface area contributed by atoms with Gasteiger partial charge in [-0.2, -0.15) is 5.10 Å². The van der Waals surface area contributed by atoms with Crippen molar-refractivity contribution in [2.45, 2.75) is 6.54 Å². The molecule has 0 unspecified atom stereocenters. The van der Waals surface area contributed by atoms with E-state index in [9.17, 15) is 4.79 Å². The number of aromatic nitrogens is 3. The maximum Gasteiger partial charge on any atom is 0.345 e. The Labute approximate surface area is 82.5 Å². The van der Waals surface area contributed by atoms with E-state index in [-0.39, 0.29) is 5.69 Å². The molecule has 1 N–H and O–H groups in total. The highest BCUT2D eigenvalue weighted by Gasteiger charge is 1.99. The van der Waals surface area contributed by atoms with Gasteiger partial charge >= 0.3 is 5.69 Å². The summed E-state index contributed by atoms with van der Waals surface area (Å²) in [7, 11) is 3.34. The van der Waals surface area contributed by atoms with Crippen LogP contribution in [0.1, 0.15) is 0 Å². The molecule has 0 radical (unpaired) electrons. The number of rotatable bonds is 6. The average molecular weight is 200 g/mol. The van der Waals surface area contributed by atoms with E-state index < -0.39 is 0 Å². The normalized spacial score (nSPS) is 10.7. The molecule has 0 aliphatic carbocycles. The van der Waals surface area contributed by atoms with Crippen molar-refractivity contribution in [3.8, 4) is 0 Å². The molecule has 6 nitrogen and oxygen atoms in total. The zero-order chi connectivity index (χ0) is 10.4. The van der Waals surface area contributed by atoms with E-state index in [0.717, 1.165) is 13.1 Å². The monoisotopic (exact) mass is 200 g/mol. The van der Waals surface area contributed by atoms with E-state index >= 15 is 0 Å². The van der Waals surface area contributed by atoms with Crippen LogP contribution >= 0.6 is 0 Å². The molecule has 14 heavy (non-hydrogen) atoms. The Balaban J connectivity index is 2.25. The first-order chi connectivity index (χ1) is 6.75. The Morgan fingerprint density at radius 2 is 2.36 bits per heavy atom. The maximum atomic E-state index is 11.3. The second-order valence-electron chi connectivity index (χ2n) is 2.99. The van der Waals surface area contributed by atoms with Crippen LogP contribution in [0.3, 0.4) is 0 Å². The van der Waals surface area contributed by atoms with Crippen LogP contribution in [0.4, 0.5) is 0 Å². The van der Waals surface area contributed by atoms with E-state index in [1.807, 2.05) is 0 Å². The number of hydrogen-bond donors (Lipinski definition) is 1. The van der Waals surface area contributed by atoms with Crippen LogP contribution in [0.5, 0.6) is 0 Å². The summed E-state index contributed by atoms with van der Waals surface area (Å²) >= 11 is 0. The molecule has 1 aromatic rings. The van der Waals surface area contributed by atoms with Crippen molar-refractivity contribution in [3.05, 3.63) is 16.8 Å². The summed E-state index contributed by atoms with van der Waals surface area (Å²) in [6.45, 7) is 2.78. The zero-order valence-corrected chi connectivity index (χ0v) is 8.56. The van der Waals surface area contributed by atoms with Gasteiger partial charge in [-0.25, -0.2) is 9.48 Å². The van der Waals surface area contributed by atoms with Gasteiger partial charge in [-0.3, -0.25) is 4.57 Å². The first kappa shape index (κ1) is 10.9. The molecule has 0 atom stereocenters. The number of hydrogen-bond acceptors (Lipinski definition) is 4. The summed E-state index contributed by atoms with van der Waals surface area (Å²) in [5.74, 6) is 0. The van der Waals surface area contributed by atoms with Crippen LogP contribution in [-0.4, -0.2) is 41.2 Å². The van der Waals surface area contributed by atoms with Crippen molar-refractivity contribution >= 4 is 0 Å². The summed E-state index contributed by atoms with van der Waals surface area (Å²) in [6, 6.07) is 0. The van der Waals surface area contributed by atoms with Crippen LogP contribution < -0.4 is 11.0 Å². The minimum atomic E-state index is -0.0847. The predicted octanol–water partition coefficient (Wildman–Crippen LogP) is -1.18. The van der Waals surface area contributed by atoms with Crippen molar-refractivity contribution in [2.24, 2.45) is 7.05 Å². The smallest absolute Gasteiger partial charge is 0.345 e.